The van der Waals surface area contributed by atoms with Crippen molar-refractivity contribution >= 4 is 35.5 Å². The van der Waals surface area contributed by atoms with Crippen molar-refractivity contribution in [1.82, 2.24) is 14.9 Å². The van der Waals surface area contributed by atoms with Crippen molar-refractivity contribution < 1.29 is 9.59 Å². The Morgan fingerprint density at radius 1 is 1.34 bits per heavy atom. The largest absolute Gasteiger partial charge is 0.399 e. The van der Waals surface area contributed by atoms with Crippen molar-refractivity contribution in [3.63, 3.8) is 0 Å². The van der Waals surface area contributed by atoms with Crippen LogP contribution >= 0.6 is 0 Å². The number of aromatic nitrogens is 2. The summed E-state index contributed by atoms with van der Waals surface area (Å²) >= 11 is 0. The first kappa shape index (κ1) is 22.8. The molecule has 5 N–H and O–H groups in total. The zero-order valence-corrected chi connectivity index (χ0v) is 18.5. The van der Waals surface area contributed by atoms with Gasteiger partial charge in [0.25, 0.3) is 5.91 Å². The third-order valence-electron chi connectivity index (χ3n) is 4.96. The summed E-state index contributed by atoms with van der Waals surface area (Å²) < 4.78 is 0. The fourth-order valence-corrected chi connectivity index (χ4v) is 3.35. The number of nitrogens with zero attached hydrogens (tertiary/aromatic N) is 6. The molecule has 2 heterocycles. The number of hydrogen-bond donors (Lipinski definition) is 3. The molecule has 170 valence electrons. The summed E-state index contributed by atoms with van der Waals surface area (Å²) in [5, 5.41) is 4.44. The normalized spacial score (nSPS) is 14.0. The number of hydrogen-bond acceptors (Lipinski definition) is 9. The SMILES string of the molecule is CCNc1ncc2c(n1)N(C)CCN(c1cccc(N(N)/C=C(\N)CN(C)C=O)c1)C2=O. The fourth-order valence-electron chi connectivity index (χ4n) is 3.35. The molecule has 0 saturated carbocycles. The lowest BCUT2D eigenvalue weighted by Gasteiger charge is -2.23. The van der Waals surface area contributed by atoms with Crippen LogP contribution in [0.2, 0.25) is 0 Å². The van der Waals surface area contributed by atoms with E-state index >= 15 is 0 Å². The number of rotatable bonds is 8. The molecule has 0 aliphatic carbocycles. The van der Waals surface area contributed by atoms with Crippen LogP contribution in [0.1, 0.15) is 17.3 Å². The Bertz CT molecular complexity index is 1010. The molecule has 3 rings (SSSR count). The van der Waals surface area contributed by atoms with Gasteiger partial charge >= 0.3 is 0 Å². The maximum Gasteiger partial charge on any atom is 0.263 e. The molecule has 0 bridgehead atoms. The highest BCUT2D eigenvalue weighted by atomic mass is 16.2. The standard InChI is InChI=1S/C21H29N9O2/c1-4-24-21-25-11-18-19(26-21)28(3)8-9-29(20(18)32)16-6-5-7-17(10-16)30(23)13-15(22)12-27(2)14-31/h5-7,10-11,13-14H,4,8-9,12,22-23H2,1-3H3,(H,24,25,26)/b15-13-. The van der Waals surface area contributed by atoms with Crippen LogP contribution in [0.3, 0.4) is 0 Å². The van der Waals surface area contributed by atoms with E-state index in [4.69, 9.17) is 11.6 Å². The smallest absolute Gasteiger partial charge is 0.263 e. The van der Waals surface area contributed by atoms with Crippen molar-refractivity contribution in [2.24, 2.45) is 11.6 Å². The number of anilines is 4. The van der Waals surface area contributed by atoms with Crippen LogP contribution < -0.4 is 31.7 Å². The zero-order chi connectivity index (χ0) is 23.3. The lowest BCUT2D eigenvalue weighted by molar-refractivity contribution is -0.116. The number of nitrogens with two attached hydrogens (primary N) is 2. The maximum atomic E-state index is 13.3. The van der Waals surface area contributed by atoms with E-state index in [2.05, 4.69) is 15.3 Å². The Morgan fingerprint density at radius 3 is 2.84 bits per heavy atom. The van der Waals surface area contributed by atoms with Crippen LogP contribution in [-0.2, 0) is 4.79 Å². The average Bonchev–Trinajstić information content (AvgIpc) is 2.90. The van der Waals surface area contributed by atoms with E-state index in [1.165, 1.54) is 9.91 Å². The number of amides is 2. The van der Waals surface area contributed by atoms with Crippen molar-refractivity contribution in [2.75, 3.05) is 60.4 Å². The van der Waals surface area contributed by atoms with Crippen LogP contribution in [0.4, 0.5) is 23.1 Å². The molecule has 32 heavy (non-hydrogen) atoms. The first-order valence-electron chi connectivity index (χ1n) is 10.2. The summed E-state index contributed by atoms with van der Waals surface area (Å²) in [5.74, 6) is 7.05. The van der Waals surface area contributed by atoms with E-state index in [0.29, 0.717) is 60.4 Å². The van der Waals surface area contributed by atoms with Gasteiger partial charge in [-0.3, -0.25) is 14.6 Å². The van der Waals surface area contributed by atoms with Crippen molar-refractivity contribution in [2.45, 2.75) is 6.92 Å². The summed E-state index contributed by atoms with van der Waals surface area (Å²) in [5.41, 5.74) is 8.15. The second-order valence-electron chi connectivity index (χ2n) is 7.49. The highest BCUT2D eigenvalue weighted by molar-refractivity contribution is 6.09. The number of nitrogens with one attached hydrogen (secondary N) is 1. The Hall–Kier alpha value is -3.86. The molecule has 2 aromatic rings. The minimum absolute atomic E-state index is 0.184. The quantitative estimate of drug-likeness (QED) is 0.306. The van der Waals surface area contributed by atoms with E-state index in [1.807, 2.05) is 43.1 Å². The second kappa shape index (κ2) is 9.96. The molecule has 0 atom stereocenters. The molecule has 2 amide bonds. The van der Waals surface area contributed by atoms with Crippen molar-refractivity contribution in [1.29, 1.82) is 0 Å². The molecule has 1 aromatic heterocycles. The van der Waals surface area contributed by atoms with E-state index in [0.717, 1.165) is 0 Å². The van der Waals surface area contributed by atoms with Crippen LogP contribution in [0.25, 0.3) is 0 Å². The Kier molecular flexibility index (Phi) is 7.11. The fraction of sp³-hybridized carbons (Fsp3) is 0.333. The van der Waals surface area contributed by atoms with Gasteiger partial charge < -0.3 is 25.8 Å². The van der Waals surface area contributed by atoms with Gasteiger partial charge in [0, 0.05) is 57.5 Å². The van der Waals surface area contributed by atoms with E-state index in [-0.39, 0.29) is 12.5 Å². The average molecular weight is 440 g/mol. The number of carbonyl (C=O) groups is 2. The lowest BCUT2D eigenvalue weighted by Crippen LogP contribution is -2.34. The summed E-state index contributed by atoms with van der Waals surface area (Å²) in [6.07, 6.45) is 3.79. The summed E-state index contributed by atoms with van der Waals surface area (Å²) in [7, 11) is 3.53. The van der Waals surface area contributed by atoms with Gasteiger partial charge in [-0.2, -0.15) is 4.98 Å². The molecule has 0 spiro atoms. The number of fused-ring (bicyclic) bond motifs is 1. The van der Waals surface area contributed by atoms with Crippen LogP contribution in [0.15, 0.2) is 42.4 Å². The molecule has 0 radical (unpaired) electrons. The Balaban J connectivity index is 1.87. The second-order valence-corrected chi connectivity index (χ2v) is 7.49. The van der Waals surface area contributed by atoms with Crippen LogP contribution in [-0.4, -0.2) is 67.5 Å². The summed E-state index contributed by atoms with van der Waals surface area (Å²) in [4.78, 5) is 37.9. The highest BCUT2D eigenvalue weighted by Crippen LogP contribution is 2.28. The van der Waals surface area contributed by atoms with Crippen LogP contribution in [0.5, 0.6) is 0 Å². The molecule has 1 aliphatic heterocycles. The van der Waals surface area contributed by atoms with Gasteiger partial charge in [-0.15, -0.1) is 0 Å². The lowest BCUT2D eigenvalue weighted by atomic mass is 10.2. The van der Waals surface area contributed by atoms with E-state index < -0.39 is 0 Å². The number of hydrazine groups is 1. The topological polar surface area (TPSA) is 137 Å². The van der Waals surface area contributed by atoms with Gasteiger partial charge in [0.1, 0.15) is 11.4 Å². The van der Waals surface area contributed by atoms with Gasteiger partial charge in [-0.05, 0) is 25.1 Å². The number of likely N-dealkylation sites (N-methyl/N-ethyl adjacent to an activating group) is 2. The Labute approximate surface area is 187 Å². The molecular formula is C21H29N9O2. The number of carbonyl (C=O) groups excluding carboxylic acids is 2. The maximum absolute atomic E-state index is 13.3. The predicted molar refractivity (Wildman–Crippen MR) is 125 cm³/mol. The first-order valence-corrected chi connectivity index (χ1v) is 10.2. The summed E-state index contributed by atoms with van der Waals surface area (Å²) in [6.45, 7) is 3.97. The highest BCUT2D eigenvalue weighted by Gasteiger charge is 2.28. The minimum Gasteiger partial charge on any atom is -0.399 e. The van der Waals surface area contributed by atoms with E-state index in [9.17, 15) is 9.59 Å². The third-order valence-corrected chi connectivity index (χ3v) is 4.96. The van der Waals surface area contributed by atoms with Gasteiger partial charge in [0.05, 0.1) is 12.2 Å². The minimum atomic E-state index is -0.184. The predicted octanol–water partition coefficient (Wildman–Crippen LogP) is 0.573. The molecule has 1 aliphatic rings. The van der Waals surface area contributed by atoms with Crippen molar-refractivity contribution in [3.05, 3.63) is 47.9 Å². The van der Waals surface area contributed by atoms with Crippen molar-refractivity contribution in [3.8, 4) is 0 Å². The molecule has 1 aromatic carbocycles. The van der Waals surface area contributed by atoms with Gasteiger partial charge in [-0.1, -0.05) is 6.07 Å². The number of benzene rings is 1. The van der Waals surface area contributed by atoms with Gasteiger partial charge in [0.15, 0.2) is 0 Å². The summed E-state index contributed by atoms with van der Waals surface area (Å²) in [6, 6.07) is 7.29. The van der Waals surface area contributed by atoms with Crippen LogP contribution in [0, 0.1) is 0 Å². The molecule has 0 fully saturated rings. The molecule has 11 nitrogen and oxygen atoms in total. The molecule has 0 unspecified atom stereocenters. The van der Waals surface area contributed by atoms with Gasteiger partial charge in [-0.25, -0.2) is 10.8 Å². The monoisotopic (exact) mass is 439 g/mol. The van der Waals surface area contributed by atoms with E-state index in [1.54, 1.807) is 24.3 Å². The molecule has 0 saturated heterocycles. The zero-order valence-electron chi connectivity index (χ0n) is 18.5. The van der Waals surface area contributed by atoms with Gasteiger partial charge in [0.2, 0.25) is 12.4 Å². The molecular weight excluding hydrogens is 410 g/mol. The Morgan fingerprint density at radius 2 is 2.12 bits per heavy atom. The first-order chi connectivity index (χ1) is 15.3. The third kappa shape index (κ3) is 5.06. The molecule has 11 heteroatoms.